The quantitative estimate of drug-likeness (QED) is 0.433. The van der Waals surface area contributed by atoms with Gasteiger partial charge in [0.2, 0.25) is 0 Å². The van der Waals surface area contributed by atoms with Crippen molar-refractivity contribution in [2.75, 3.05) is 31.7 Å². The first-order valence-corrected chi connectivity index (χ1v) is 12.2. The summed E-state index contributed by atoms with van der Waals surface area (Å²) in [6.45, 7) is 2.10. The van der Waals surface area contributed by atoms with Gasteiger partial charge in [0.05, 0.1) is 30.5 Å². The number of aromatic nitrogens is 1. The number of phenols is 1. The number of rotatable bonds is 7. The molecule has 2 heterocycles. The van der Waals surface area contributed by atoms with Crippen molar-refractivity contribution in [1.29, 1.82) is 5.26 Å². The molecule has 5 rings (SSSR count). The predicted molar refractivity (Wildman–Crippen MR) is 143 cm³/mol. The van der Waals surface area contributed by atoms with E-state index in [1.165, 1.54) is 19.2 Å². The molecule has 2 aliphatic rings. The molecule has 0 unspecified atom stereocenters. The highest BCUT2D eigenvalue weighted by Crippen LogP contribution is 2.44. The van der Waals surface area contributed by atoms with E-state index in [0.29, 0.717) is 46.4 Å². The second kappa shape index (κ2) is 11.2. The maximum atomic E-state index is 14.7. The number of hydrogen-bond acceptors (Lipinski definition) is 7. The van der Waals surface area contributed by atoms with E-state index in [1.54, 1.807) is 18.2 Å². The van der Waals surface area contributed by atoms with Gasteiger partial charge in [-0.15, -0.1) is 12.4 Å². The minimum absolute atomic E-state index is 0. The zero-order chi connectivity index (χ0) is 25.2. The Labute approximate surface area is 222 Å². The molecule has 37 heavy (non-hydrogen) atoms. The lowest BCUT2D eigenvalue weighted by Crippen LogP contribution is -2.40. The van der Waals surface area contributed by atoms with Crippen LogP contribution in [-0.2, 0) is 0 Å². The number of hydrogen-bond donors (Lipinski definition) is 2. The van der Waals surface area contributed by atoms with Crippen molar-refractivity contribution in [2.45, 2.75) is 31.7 Å². The summed E-state index contributed by atoms with van der Waals surface area (Å²) in [5, 5.41) is 19.7. The molecular weight excluding hydrogens is 495 g/mol. The summed E-state index contributed by atoms with van der Waals surface area (Å²) >= 11 is 0. The van der Waals surface area contributed by atoms with Crippen LogP contribution < -0.4 is 20.1 Å². The van der Waals surface area contributed by atoms with E-state index in [9.17, 15) is 14.8 Å². The van der Waals surface area contributed by atoms with E-state index in [4.69, 9.17) is 20.2 Å². The summed E-state index contributed by atoms with van der Waals surface area (Å²) in [4.78, 5) is 7.16. The fraction of sp³-hybridized carbons (Fsp3) is 0.357. The average Bonchev–Trinajstić information content (AvgIpc) is 3.72. The van der Waals surface area contributed by atoms with Crippen molar-refractivity contribution in [3.8, 4) is 45.7 Å². The summed E-state index contributed by atoms with van der Waals surface area (Å²) in [5.41, 5.74) is 8.43. The highest BCUT2D eigenvalue weighted by atomic mass is 35.5. The molecule has 3 aromatic rings. The SMILES string of the molecule is COc1ccc(-c2c(OCC3CC3)cc(N3CCC(N)CC3)nc2-c2ccc(C#N)c(F)c2)cc1O.Cl. The summed E-state index contributed by atoms with van der Waals surface area (Å²) in [7, 11) is 1.49. The molecule has 0 spiro atoms. The molecule has 1 saturated carbocycles. The van der Waals surface area contributed by atoms with Crippen molar-refractivity contribution in [3.63, 3.8) is 0 Å². The molecule has 1 aromatic heterocycles. The van der Waals surface area contributed by atoms with Crippen LogP contribution in [0.1, 0.15) is 31.2 Å². The third-order valence-electron chi connectivity index (χ3n) is 6.84. The second-order valence-corrected chi connectivity index (χ2v) is 9.47. The van der Waals surface area contributed by atoms with Gasteiger partial charge >= 0.3 is 0 Å². The average molecular weight is 525 g/mol. The smallest absolute Gasteiger partial charge is 0.160 e. The number of pyridine rings is 1. The van der Waals surface area contributed by atoms with E-state index in [2.05, 4.69) is 4.90 Å². The van der Waals surface area contributed by atoms with E-state index < -0.39 is 5.82 Å². The van der Waals surface area contributed by atoms with Crippen molar-refractivity contribution >= 4 is 18.2 Å². The Bertz CT molecular complexity index is 1320. The molecule has 194 valence electrons. The first-order chi connectivity index (χ1) is 17.5. The maximum Gasteiger partial charge on any atom is 0.160 e. The largest absolute Gasteiger partial charge is 0.504 e. The van der Waals surface area contributed by atoms with Crippen molar-refractivity contribution in [1.82, 2.24) is 4.98 Å². The van der Waals surface area contributed by atoms with Crippen LogP contribution in [-0.4, -0.2) is 42.9 Å². The van der Waals surface area contributed by atoms with Gasteiger partial charge in [0.25, 0.3) is 0 Å². The molecule has 2 aromatic carbocycles. The van der Waals surface area contributed by atoms with Crippen LogP contribution in [0.2, 0.25) is 0 Å². The first kappa shape index (κ1) is 26.5. The zero-order valence-corrected chi connectivity index (χ0v) is 21.4. The van der Waals surface area contributed by atoms with E-state index in [-0.39, 0.29) is 29.8 Å². The van der Waals surface area contributed by atoms with Gasteiger partial charge in [0, 0.05) is 30.8 Å². The number of methoxy groups -OCH3 is 1. The maximum absolute atomic E-state index is 14.7. The normalized spacial score (nSPS) is 15.6. The molecule has 1 aliphatic carbocycles. The number of piperidine rings is 1. The Morgan fingerprint density at radius 2 is 1.81 bits per heavy atom. The Kier molecular flexibility index (Phi) is 8.06. The van der Waals surface area contributed by atoms with Gasteiger partial charge in [0.15, 0.2) is 11.5 Å². The van der Waals surface area contributed by atoms with Crippen molar-refractivity contribution < 1.29 is 19.0 Å². The van der Waals surface area contributed by atoms with Crippen LogP contribution in [0.25, 0.3) is 22.4 Å². The fourth-order valence-corrected chi connectivity index (χ4v) is 4.49. The number of ether oxygens (including phenoxy) is 2. The number of benzene rings is 2. The Hall–Kier alpha value is -3.54. The van der Waals surface area contributed by atoms with E-state index in [1.807, 2.05) is 18.2 Å². The second-order valence-electron chi connectivity index (χ2n) is 9.47. The minimum atomic E-state index is -0.616. The van der Waals surface area contributed by atoms with Crippen LogP contribution in [0.15, 0.2) is 42.5 Å². The van der Waals surface area contributed by atoms with Crippen LogP contribution in [0, 0.1) is 23.1 Å². The van der Waals surface area contributed by atoms with Crippen LogP contribution in [0.5, 0.6) is 17.2 Å². The van der Waals surface area contributed by atoms with Crippen molar-refractivity contribution in [2.24, 2.45) is 11.7 Å². The molecule has 2 fully saturated rings. The van der Waals surface area contributed by atoms with Crippen LogP contribution >= 0.6 is 12.4 Å². The summed E-state index contributed by atoms with van der Waals surface area (Å²) in [5.74, 6) is 1.58. The standard InChI is InChI=1S/C28H29FN4O3.ClH/c1-35-24-7-6-18(13-23(24)34)27-25(36-16-17-2-3-17)14-26(33-10-8-21(31)9-11-33)32-28(27)19-4-5-20(15-30)22(29)12-19;/h4-7,12-14,17,21,34H,2-3,8-11,16,31H2,1H3;1H. The van der Waals surface area contributed by atoms with Gasteiger partial charge in [-0.25, -0.2) is 9.37 Å². The summed E-state index contributed by atoms with van der Waals surface area (Å²) < 4.78 is 26.3. The number of nitrogens with zero attached hydrogens (tertiary/aromatic N) is 3. The molecule has 0 radical (unpaired) electrons. The molecule has 0 bridgehead atoms. The van der Waals surface area contributed by atoms with Gasteiger partial charge in [-0.2, -0.15) is 5.26 Å². The molecular formula is C28H30ClFN4O3. The number of halogens is 2. The van der Waals surface area contributed by atoms with Crippen LogP contribution in [0.4, 0.5) is 10.2 Å². The summed E-state index contributed by atoms with van der Waals surface area (Å²) in [6, 6.07) is 13.5. The number of aromatic hydroxyl groups is 1. The van der Waals surface area contributed by atoms with Gasteiger partial charge in [0.1, 0.15) is 23.5 Å². The number of nitrogens with two attached hydrogens (primary N) is 1. The Morgan fingerprint density at radius 1 is 1.08 bits per heavy atom. The molecule has 7 nitrogen and oxygen atoms in total. The number of phenolic OH excluding ortho intramolecular Hbond substituents is 1. The van der Waals surface area contributed by atoms with Crippen LogP contribution in [0.3, 0.4) is 0 Å². The highest BCUT2D eigenvalue weighted by Gasteiger charge is 2.26. The Morgan fingerprint density at radius 3 is 2.43 bits per heavy atom. The Balaban J connectivity index is 0.00000320. The van der Waals surface area contributed by atoms with E-state index >= 15 is 0 Å². The van der Waals surface area contributed by atoms with Gasteiger partial charge in [-0.05, 0) is 61.4 Å². The number of anilines is 1. The van der Waals surface area contributed by atoms with Gasteiger partial charge in [-0.3, -0.25) is 0 Å². The third-order valence-corrected chi connectivity index (χ3v) is 6.84. The predicted octanol–water partition coefficient (Wildman–Crippen LogP) is 5.28. The topological polar surface area (TPSA) is 105 Å². The van der Waals surface area contributed by atoms with E-state index in [0.717, 1.165) is 44.6 Å². The zero-order valence-electron chi connectivity index (χ0n) is 20.6. The van der Waals surface area contributed by atoms with Crippen molar-refractivity contribution in [3.05, 3.63) is 53.8 Å². The molecule has 9 heteroatoms. The molecule has 0 atom stereocenters. The lowest BCUT2D eigenvalue weighted by molar-refractivity contribution is 0.301. The molecule has 1 saturated heterocycles. The minimum Gasteiger partial charge on any atom is -0.504 e. The highest BCUT2D eigenvalue weighted by molar-refractivity contribution is 5.88. The molecule has 1 aliphatic heterocycles. The third kappa shape index (κ3) is 5.74. The lowest BCUT2D eigenvalue weighted by atomic mass is 9.96. The first-order valence-electron chi connectivity index (χ1n) is 12.2. The molecule has 3 N–H and O–H groups in total. The fourth-order valence-electron chi connectivity index (χ4n) is 4.49. The lowest BCUT2D eigenvalue weighted by Gasteiger charge is -2.32. The summed E-state index contributed by atoms with van der Waals surface area (Å²) in [6.07, 6.45) is 3.98. The monoisotopic (exact) mass is 524 g/mol. The van der Waals surface area contributed by atoms with Gasteiger partial charge in [-0.1, -0.05) is 12.1 Å². The van der Waals surface area contributed by atoms with Gasteiger partial charge < -0.3 is 25.2 Å². The number of nitriles is 1. The molecule has 0 amide bonds.